The van der Waals surface area contributed by atoms with Crippen molar-refractivity contribution >= 4 is 22.7 Å². The smallest absolute Gasteiger partial charge is 0.0991 e. The van der Waals surface area contributed by atoms with E-state index in [0.717, 1.165) is 56.3 Å². The predicted octanol–water partition coefficient (Wildman–Crippen LogP) is 17.4. The Balaban J connectivity index is 1.04. The van der Waals surface area contributed by atoms with E-state index in [1.54, 1.807) is 0 Å². The van der Waals surface area contributed by atoms with Gasteiger partial charge in [-0.1, -0.05) is 152 Å². The minimum atomic E-state index is -0.204. The number of nitriles is 2. The van der Waals surface area contributed by atoms with E-state index < -0.39 is 0 Å². The van der Waals surface area contributed by atoms with Gasteiger partial charge in [0.15, 0.2) is 0 Å². The maximum atomic E-state index is 10.00. The molecule has 4 heteroatoms. The topological polar surface area (TPSA) is 54.1 Å². The summed E-state index contributed by atoms with van der Waals surface area (Å²) in [6, 6.07) is 68.9. The van der Waals surface area contributed by atoms with Crippen LogP contribution in [0.2, 0.25) is 0 Å². The van der Waals surface area contributed by atoms with Crippen molar-refractivity contribution < 1.29 is 0 Å². The van der Waals surface area contributed by atoms with Crippen molar-refractivity contribution in [2.75, 3.05) is 9.80 Å². The second-order valence-corrected chi connectivity index (χ2v) is 19.6. The average molecular weight is 949 g/mol. The summed E-state index contributed by atoms with van der Waals surface area (Å²) >= 11 is 0. The summed E-state index contributed by atoms with van der Waals surface area (Å²) in [7, 11) is 0. The molecule has 2 unspecified atom stereocenters. The van der Waals surface area contributed by atoms with Crippen LogP contribution in [0, 0.1) is 56.3 Å². The summed E-state index contributed by atoms with van der Waals surface area (Å²) in [5, 5.41) is 20.0. The molecule has 0 heterocycles. The molecule has 0 fully saturated rings. The molecule has 0 spiro atoms. The van der Waals surface area contributed by atoms with E-state index in [0.29, 0.717) is 11.1 Å². The van der Waals surface area contributed by atoms with Gasteiger partial charge < -0.3 is 9.80 Å². The number of allylic oxidation sites excluding steroid dienone is 10. The van der Waals surface area contributed by atoms with E-state index in [-0.39, 0.29) is 12.0 Å². The Hall–Kier alpha value is -9.48. The van der Waals surface area contributed by atoms with Crippen molar-refractivity contribution in [2.45, 2.75) is 33.7 Å². The van der Waals surface area contributed by atoms with Crippen molar-refractivity contribution in [3.05, 3.63) is 298 Å². The second-order valence-electron chi connectivity index (χ2n) is 19.6. The maximum Gasteiger partial charge on any atom is 0.0991 e. The Bertz CT molecular complexity index is 3910. The molecule has 4 aliphatic carbocycles. The number of anilines is 4. The van der Waals surface area contributed by atoms with Gasteiger partial charge >= 0.3 is 0 Å². The number of hydrogen-bond acceptors (Lipinski definition) is 4. The average Bonchev–Trinajstić information content (AvgIpc) is 3.44. The van der Waals surface area contributed by atoms with Gasteiger partial charge in [-0.25, -0.2) is 0 Å². The molecule has 0 amide bonds. The largest absolute Gasteiger partial charge is 0.330 e. The zero-order valence-corrected chi connectivity index (χ0v) is 41.9. The summed E-state index contributed by atoms with van der Waals surface area (Å²) in [6.07, 6.45) is 18.5. The Labute approximate surface area is 434 Å². The van der Waals surface area contributed by atoms with Crippen LogP contribution in [0.3, 0.4) is 0 Å². The first-order chi connectivity index (χ1) is 36.3. The van der Waals surface area contributed by atoms with Crippen LogP contribution in [0.1, 0.15) is 33.4 Å². The molecule has 2 atom stereocenters. The number of rotatable bonds is 10. The Morgan fingerprint density at radius 3 is 1.47 bits per heavy atom. The molecule has 0 radical (unpaired) electrons. The zero-order chi connectivity index (χ0) is 50.5. The van der Waals surface area contributed by atoms with Gasteiger partial charge in [0.2, 0.25) is 0 Å². The second kappa shape index (κ2) is 18.9. The van der Waals surface area contributed by atoms with E-state index in [1.165, 1.54) is 66.8 Å². The minimum Gasteiger partial charge on any atom is -0.330 e. The SMILES string of the molecule is Cc1ccccc1-c1ccc(N(C2=C3C=CC4=C5C(=CC=C(C=C2)C35)C(N(c2ccc(C#N)cc2)c2ccc(-c3ccccc3C)cc2-c2ccccc2C)C=C4)c2ccc(C#N)cc2)c(-c2ccccc2C)c1. The van der Waals surface area contributed by atoms with E-state index in [4.69, 9.17) is 0 Å². The Morgan fingerprint density at radius 1 is 0.432 bits per heavy atom. The molecule has 8 aromatic carbocycles. The molecule has 0 bridgehead atoms. The predicted molar refractivity (Wildman–Crippen MR) is 305 cm³/mol. The third kappa shape index (κ3) is 7.95. The molecule has 8 aromatic rings. The van der Waals surface area contributed by atoms with Gasteiger partial charge in [-0.3, -0.25) is 0 Å². The van der Waals surface area contributed by atoms with Crippen molar-refractivity contribution in [3.8, 4) is 56.6 Å². The normalized spacial score (nSPS) is 16.0. The van der Waals surface area contributed by atoms with Crippen molar-refractivity contribution in [3.63, 3.8) is 0 Å². The monoisotopic (exact) mass is 948 g/mol. The van der Waals surface area contributed by atoms with E-state index >= 15 is 0 Å². The van der Waals surface area contributed by atoms with Crippen LogP contribution in [0.4, 0.5) is 22.7 Å². The standard InChI is InChI=1S/C70H52N4/c1-45-13-5-9-17-57(45)53-29-39-67(63(41-53)59-19-11-7-15-47(59)3)73(55-31-21-49(43-71)22-32-55)65-37-27-51-26-36-62-66(38-28-52-25-35-61(65)69(51)70(52)62)74(56-33-23-50(44-72)24-34-56)68-40-30-54(58-18-10-6-14-46(58)2)42-64(68)60-20-12-8-16-48(60)4/h5-42,65,70H,1-4H3. The number of benzene rings is 8. The molecule has 0 saturated heterocycles. The van der Waals surface area contributed by atoms with E-state index in [1.807, 2.05) is 24.3 Å². The van der Waals surface area contributed by atoms with Crippen molar-refractivity contribution in [2.24, 2.45) is 5.92 Å². The van der Waals surface area contributed by atoms with Crippen LogP contribution in [0.25, 0.3) is 44.5 Å². The number of aryl methyl sites for hydroxylation is 4. The molecular weight excluding hydrogens is 897 g/mol. The fourth-order valence-electron chi connectivity index (χ4n) is 11.6. The lowest BCUT2D eigenvalue weighted by Gasteiger charge is -2.44. The van der Waals surface area contributed by atoms with Gasteiger partial charge in [0.05, 0.1) is 40.7 Å². The highest BCUT2D eigenvalue weighted by Gasteiger charge is 2.40. The summed E-state index contributed by atoms with van der Waals surface area (Å²) in [5.74, 6) is -0.0569. The fraction of sp³-hybridized carbons (Fsp3) is 0.0857. The molecule has 0 saturated carbocycles. The van der Waals surface area contributed by atoms with Gasteiger partial charge in [0.1, 0.15) is 0 Å². The maximum absolute atomic E-state index is 10.00. The summed E-state index contributed by atoms with van der Waals surface area (Å²) in [4.78, 5) is 4.88. The molecule has 0 aliphatic heterocycles. The van der Waals surface area contributed by atoms with Crippen LogP contribution in [0.5, 0.6) is 0 Å². The highest BCUT2D eigenvalue weighted by Crippen LogP contribution is 2.53. The van der Waals surface area contributed by atoms with Crippen LogP contribution in [-0.4, -0.2) is 6.04 Å². The van der Waals surface area contributed by atoms with Crippen molar-refractivity contribution in [1.29, 1.82) is 10.5 Å². The van der Waals surface area contributed by atoms with E-state index in [9.17, 15) is 10.5 Å². The first kappa shape index (κ1) is 45.6. The lowest BCUT2D eigenvalue weighted by Crippen LogP contribution is -2.37. The molecule has 352 valence electrons. The van der Waals surface area contributed by atoms with Gasteiger partial charge in [0, 0.05) is 34.1 Å². The van der Waals surface area contributed by atoms with Crippen LogP contribution in [0.15, 0.2) is 264 Å². The highest BCUT2D eigenvalue weighted by atomic mass is 15.2. The number of nitrogens with zero attached hydrogens (tertiary/aromatic N) is 4. The summed E-state index contributed by atoms with van der Waals surface area (Å²) in [6.45, 7) is 8.74. The van der Waals surface area contributed by atoms with Crippen LogP contribution < -0.4 is 9.80 Å². The molecule has 4 nitrogen and oxygen atoms in total. The Kier molecular flexibility index (Phi) is 11.7. The first-order valence-corrected chi connectivity index (χ1v) is 25.3. The van der Waals surface area contributed by atoms with Crippen LogP contribution in [-0.2, 0) is 0 Å². The molecule has 0 N–H and O–H groups in total. The van der Waals surface area contributed by atoms with Gasteiger partial charge in [-0.15, -0.1) is 0 Å². The lowest BCUT2D eigenvalue weighted by atomic mass is 9.67. The zero-order valence-electron chi connectivity index (χ0n) is 41.9. The third-order valence-electron chi connectivity index (χ3n) is 15.3. The molecular formula is C70H52N4. The summed E-state index contributed by atoms with van der Waals surface area (Å²) in [5.41, 5.74) is 26.7. The molecule has 74 heavy (non-hydrogen) atoms. The Morgan fingerprint density at radius 2 is 0.932 bits per heavy atom. The van der Waals surface area contributed by atoms with Gasteiger partial charge in [-0.2, -0.15) is 10.5 Å². The van der Waals surface area contributed by atoms with Gasteiger partial charge in [-0.05, 0) is 190 Å². The minimum absolute atomic E-state index is 0.0569. The number of hydrogen-bond donors (Lipinski definition) is 0. The highest BCUT2D eigenvalue weighted by molar-refractivity contribution is 5.92. The van der Waals surface area contributed by atoms with Gasteiger partial charge in [0.25, 0.3) is 0 Å². The quantitative estimate of drug-likeness (QED) is 0.137. The van der Waals surface area contributed by atoms with E-state index in [2.05, 4.69) is 256 Å². The van der Waals surface area contributed by atoms with Crippen molar-refractivity contribution in [1.82, 2.24) is 0 Å². The fourth-order valence-corrected chi connectivity index (χ4v) is 11.6. The molecule has 12 rings (SSSR count). The summed E-state index contributed by atoms with van der Waals surface area (Å²) < 4.78 is 0. The first-order valence-electron chi connectivity index (χ1n) is 25.3. The van der Waals surface area contributed by atoms with Crippen LogP contribution >= 0.6 is 0 Å². The molecule has 4 aliphatic rings. The molecule has 0 aromatic heterocycles. The third-order valence-corrected chi connectivity index (χ3v) is 15.3. The lowest BCUT2D eigenvalue weighted by molar-refractivity contribution is 0.773.